The first-order chi connectivity index (χ1) is 19.5. The van der Waals surface area contributed by atoms with Gasteiger partial charge in [-0.3, -0.25) is 4.79 Å². The molecule has 7 nitrogen and oxygen atoms in total. The zero-order chi connectivity index (χ0) is 29.7. The summed E-state index contributed by atoms with van der Waals surface area (Å²) >= 11 is 6.05. The topological polar surface area (TPSA) is 105 Å². The van der Waals surface area contributed by atoms with E-state index in [0.717, 1.165) is 5.56 Å². The standard InChI is InChI=1S/C31H38ClFN4O3S/c1-20(2)29(22-12-14-23(32)15-13-22)30(34)31(38)36-28-11-7-10-27(33)26(28)17-16-24-19-35-18-21(3)37(24)41(39,40)25-8-5-4-6-9-25/h4-15,20-21,24,29-30,35H,16-19,34H2,1-3H3,(H,36,38)/t21-,24-,29+,30-/m0/s1. The van der Waals surface area contributed by atoms with Crippen molar-refractivity contribution in [1.29, 1.82) is 0 Å². The van der Waals surface area contributed by atoms with E-state index in [1.807, 2.05) is 32.9 Å². The summed E-state index contributed by atoms with van der Waals surface area (Å²) in [4.78, 5) is 13.6. The second kappa shape index (κ2) is 13.4. The number of carbonyl (C=O) groups excluding carboxylic acids is 1. The first-order valence-electron chi connectivity index (χ1n) is 13.9. The van der Waals surface area contributed by atoms with Gasteiger partial charge in [0.1, 0.15) is 5.82 Å². The van der Waals surface area contributed by atoms with Crippen LogP contribution >= 0.6 is 11.6 Å². The highest BCUT2D eigenvalue weighted by atomic mass is 35.5. The summed E-state index contributed by atoms with van der Waals surface area (Å²) in [5.41, 5.74) is 8.02. The van der Waals surface area contributed by atoms with Gasteiger partial charge in [0, 0.05) is 47.4 Å². The van der Waals surface area contributed by atoms with Crippen LogP contribution in [0.4, 0.5) is 10.1 Å². The number of benzene rings is 3. The molecular weight excluding hydrogens is 563 g/mol. The molecular formula is C31H38ClFN4O3S. The maximum Gasteiger partial charge on any atom is 0.243 e. The Kier molecular flexibility index (Phi) is 10.2. The van der Waals surface area contributed by atoms with Crippen molar-refractivity contribution < 1.29 is 17.6 Å². The Bertz CT molecular complexity index is 1440. The van der Waals surface area contributed by atoms with Crippen LogP contribution in [0.5, 0.6) is 0 Å². The summed E-state index contributed by atoms with van der Waals surface area (Å²) in [7, 11) is -3.76. The molecule has 0 bridgehead atoms. The van der Waals surface area contributed by atoms with Crippen molar-refractivity contribution in [2.24, 2.45) is 11.7 Å². The predicted molar refractivity (Wildman–Crippen MR) is 162 cm³/mol. The molecule has 220 valence electrons. The Hall–Kier alpha value is -2.82. The molecule has 1 saturated heterocycles. The summed E-state index contributed by atoms with van der Waals surface area (Å²) in [6, 6.07) is 18.6. The molecule has 3 aromatic rings. The Morgan fingerprint density at radius 2 is 1.76 bits per heavy atom. The lowest BCUT2D eigenvalue weighted by Gasteiger charge is -2.40. The highest BCUT2D eigenvalue weighted by molar-refractivity contribution is 7.89. The third-order valence-electron chi connectivity index (χ3n) is 7.70. The van der Waals surface area contributed by atoms with E-state index in [-0.39, 0.29) is 29.2 Å². The number of hydrogen-bond acceptors (Lipinski definition) is 5. The maximum absolute atomic E-state index is 15.2. The third-order valence-corrected chi connectivity index (χ3v) is 10.0. The molecule has 3 aromatic carbocycles. The molecule has 1 fully saturated rings. The van der Waals surface area contributed by atoms with Gasteiger partial charge in [0.25, 0.3) is 0 Å². The average Bonchev–Trinajstić information content (AvgIpc) is 2.94. The number of sulfonamides is 1. The summed E-state index contributed by atoms with van der Waals surface area (Å²) in [6.45, 7) is 6.81. The SMILES string of the molecule is CC(C)[C@H](c1ccc(Cl)cc1)[C@H](N)C(=O)Nc1cccc(F)c1CC[C@H]1CNC[C@H](C)N1S(=O)(=O)c1ccccc1. The summed E-state index contributed by atoms with van der Waals surface area (Å²) in [5.74, 6) is -1.12. The molecule has 4 rings (SSSR count). The number of halogens is 2. The molecule has 0 aliphatic carbocycles. The number of amides is 1. The minimum absolute atomic E-state index is 0.0576. The maximum atomic E-state index is 15.2. The number of anilines is 1. The van der Waals surface area contributed by atoms with Crippen LogP contribution in [0, 0.1) is 11.7 Å². The Morgan fingerprint density at radius 1 is 1.07 bits per heavy atom. The summed E-state index contributed by atoms with van der Waals surface area (Å²) in [6.07, 6.45) is 0.584. The molecule has 0 aromatic heterocycles. The van der Waals surface area contributed by atoms with Crippen LogP contribution in [-0.2, 0) is 21.2 Å². The highest BCUT2D eigenvalue weighted by Crippen LogP contribution is 2.31. The molecule has 0 saturated carbocycles. The van der Waals surface area contributed by atoms with Crippen molar-refractivity contribution in [2.45, 2.75) is 62.6 Å². The van der Waals surface area contributed by atoms with Gasteiger partial charge in [-0.2, -0.15) is 4.31 Å². The fourth-order valence-corrected chi connectivity index (χ4v) is 7.68. The second-order valence-electron chi connectivity index (χ2n) is 11.0. The Labute approximate surface area is 247 Å². The number of nitrogens with two attached hydrogens (primary N) is 1. The average molecular weight is 601 g/mol. The van der Waals surface area contributed by atoms with Crippen LogP contribution < -0.4 is 16.4 Å². The van der Waals surface area contributed by atoms with E-state index in [2.05, 4.69) is 10.6 Å². The Balaban J connectivity index is 1.54. The molecule has 10 heteroatoms. The minimum atomic E-state index is -3.76. The zero-order valence-electron chi connectivity index (χ0n) is 23.6. The van der Waals surface area contributed by atoms with Gasteiger partial charge in [-0.05, 0) is 67.6 Å². The van der Waals surface area contributed by atoms with Gasteiger partial charge >= 0.3 is 0 Å². The van der Waals surface area contributed by atoms with Crippen LogP contribution in [0.25, 0.3) is 0 Å². The zero-order valence-corrected chi connectivity index (χ0v) is 25.1. The van der Waals surface area contributed by atoms with Crippen molar-refractivity contribution in [1.82, 2.24) is 9.62 Å². The smallest absolute Gasteiger partial charge is 0.243 e. The molecule has 1 heterocycles. The van der Waals surface area contributed by atoms with E-state index >= 15 is 4.39 Å². The quantitative estimate of drug-likeness (QED) is 0.298. The van der Waals surface area contributed by atoms with Crippen molar-refractivity contribution in [3.05, 3.63) is 94.8 Å². The number of hydrogen-bond donors (Lipinski definition) is 3. The predicted octanol–water partition coefficient (Wildman–Crippen LogP) is 5.17. The molecule has 0 radical (unpaired) electrons. The molecule has 1 amide bonds. The lowest BCUT2D eigenvalue weighted by atomic mass is 9.82. The van der Waals surface area contributed by atoms with Gasteiger partial charge in [-0.15, -0.1) is 0 Å². The summed E-state index contributed by atoms with van der Waals surface area (Å²) in [5, 5.41) is 6.75. The molecule has 0 spiro atoms. The fourth-order valence-electron chi connectivity index (χ4n) is 5.69. The molecule has 0 unspecified atom stereocenters. The first-order valence-corrected chi connectivity index (χ1v) is 15.7. The third kappa shape index (κ3) is 7.16. The second-order valence-corrected chi connectivity index (χ2v) is 13.2. The van der Waals surface area contributed by atoms with Crippen LogP contribution in [0.15, 0.2) is 77.7 Å². The van der Waals surface area contributed by atoms with Crippen molar-refractivity contribution >= 4 is 33.2 Å². The number of nitrogens with zero attached hydrogens (tertiary/aromatic N) is 1. The number of nitrogens with one attached hydrogen (secondary N) is 2. The monoisotopic (exact) mass is 600 g/mol. The lowest BCUT2D eigenvalue weighted by molar-refractivity contribution is -0.118. The molecule has 41 heavy (non-hydrogen) atoms. The normalized spacial score (nSPS) is 19.6. The van der Waals surface area contributed by atoms with E-state index in [4.69, 9.17) is 17.3 Å². The summed E-state index contributed by atoms with van der Waals surface area (Å²) < 4.78 is 43.9. The van der Waals surface area contributed by atoms with Crippen LogP contribution in [0.1, 0.15) is 44.2 Å². The molecule has 4 atom stereocenters. The van der Waals surface area contributed by atoms with Crippen LogP contribution in [0.3, 0.4) is 0 Å². The van der Waals surface area contributed by atoms with Crippen molar-refractivity contribution in [3.63, 3.8) is 0 Å². The highest BCUT2D eigenvalue weighted by Gasteiger charge is 2.38. The minimum Gasteiger partial charge on any atom is -0.324 e. The van der Waals surface area contributed by atoms with Gasteiger partial charge in [0.2, 0.25) is 15.9 Å². The van der Waals surface area contributed by atoms with E-state index in [0.29, 0.717) is 35.8 Å². The van der Waals surface area contributed by atoms with E-state index in [1.54, 1.807) is 48.5 Å². The number of carbonyl (C=O) groups is 1. The molecule has 4 N–H and O–H groups in total. The van der Waals surface area contributed by atoms with Gasteiger partial charge in [0.15, 0.2) is 0 Å². The molecule has 1 aliphatic heterocycles. The van der Waals surface area contributed by atoms with Crippen molar-refractivity contribution in [3.8, 4) is 0 Å². The fraction of sp³-hybridized carbons (Fsp3) is 0.387. The number of piperazine rings is 1. The van der Waals surface area contributed by atoms with E-state index < -0.39 is 33.8 Å². The van der Waals surface area contributed by atoms with Gasteiger partial charge in [-0.1, -0.05) is 61.8 Å². The van der Waals surface area contributed by atoms with E-state index in [9.17, 15) is 13.2 Å². The Morgan fingerprint density at radius 3 is 2.41 bits per heavy atom. The first kappa shape index (κ1) is 31.1. The van der Waals surface area contributed by atoms with Crippen LogP contribution in [-0.4, -0.2) is 49.8 Å². The largest absolute Gasteiger partial charge is 0.324 e. The van der Waals surface area contributed by atoms with Crippen LogP contribution in [0.2, 0.25) is 5.02 Å². The van der Waals surface area contributed by atoms with Gasteiger partial charge in [0.05, 0.1) is 10.9 Å². The van der Waals surface area contributed by atoms with Gasteiger partial charge in [-0.25, -0.2) is 12.8 Å². The van der Waals surface area contributed by atoms with Crippen molar-refractivity contribution in [2.75, 3.05) is 18.4 Å². The van der Waals surface area contributed by atoms with Gasteiger partial charge < -0.3 is 16.4 Å². The number of rotatable bonds is 10. The lowest BCUT2D eigenvalue weighted by Crippen LogP contribution is -2.58. The molecule has 1 aliphatic rings. The van der Waals surface area contributed by atoms with E-state index in [1.165, 1.54) is 16.4 Å².